The van der Waals surface area contributed by atoms with E-state index in [0.29, 0.717) is 11.4 Å². The Hall–Kier alpha value is -9.38. The molecule has 0 saturated heterocycles. The van der Waals surface area contributed by atoms with Crippen LogP contribution in [0.15, 0.2) is 267 Å². The molecule has 0 aliphatic heterocycles. The minimum atomic E-state index is -0.367. The minimum Gasteiger partial charge on any atom is -0.307 e. The summed E-state index contributed by atoms with van der Waals surface area (Å²) in [5.74, 6) is -0.733. The van der Waals surface area contributed by atoms with E-state index in [0.717, 1.165) is 110 Å². The van der Waals surface area contributed by atoms with Gasteiger partial charge in [-0.3, -0.25) is 0 Å². The number of hydrogen-bond acceptors (Lipinski definition) is 2. The van der Waals surface area contributed by atoms with E-state index in [1.807, 2.05) is 182 Å². The summed E-state index contributed by atoms with van der Waals surface area (Å²) in [6, 6.07) is 89.4. The van der Waals surface area contributed by atoms with Crippen LogP contribution in [0.25, 0.3) is 87.6 Å². The summed E-state index contributed by atoms with van der Waals surface area (Å²) in [5, 5.41) is 8.30. The molecule has 0 radical (unpaired) electrons. The smallest absolute Gasteiger partial charge is 0.148 e. The van der Waals surface area contributed by atoms with Gasteiger partial charge in [-0.25, -0.2) is 8.78 Å². The predicted molar refractivity (Wildman–Crippen MR) is 299 cm³/mol. The Kier molecular flexibility index (Phi) is 10.6. The zero-order valence-corrected chi connectivity index (χ0v) is 39.1. The maximum atomic E-state index is 18.1. The number of para-hydroxylation sites is 2. The van der Waals surface area contributed by atoms with Crippen molar-refractivity contribution < 1.29 is 8.78 Å². The molecule has 13 rings (SSSR count). The van der Waals surface area contributed by atoms with Gasteiger partial charge in [-0.05, 0) is 116 Å². The van der Waals surface area contributed by atoms with Crippen LogP contribution in [0, 0.1) is 11.6 Å². The van der Waals surface area contributed by atoms with E-state index in [-0.39, 0.29) is 11.6 Å². The SMILES string of the molecule is Fc1cc(-c2ccccc2)cc(-c2ccccc2)c1N(c1ccccc1)c1cc2c(N(c3ccccc3)c3c(F)cc(-c4ccccc4)cc3-c3ccccc3)ccc3c4ccccc4c4cccc1c4c23. The summed E-state index contributed by atoms with van der Waals surface area (Å²) in [6.07, 6.45) is 0. The molecule has 0 aliphatic rings. The van der Waals surface area contributed by atoms with E-state index in [4.69, 9.17) is 0 Å². The van der Waals surface area contributed by atoms with E-state index in [2.05, 4.69) is 82.6 Å². The summed E-state index contributed by atoms with van der Waals surface area (Å²) >= 11 is 0. The van der Waals surface area contributed by atoms with Gasteiger partial charge in [0.2, 0.25) is 0 Å². The molecule has 72 heavy (non-hydrogen) atoms. The molecule has 0 unspecified atom stereocenters. The lowest BCUT2D eigenvalue weighted by atomic mass is 9.87. The second-order valence-corrected chi connectivity index (χ2v) is 18.2. The topological polar surface area (TPSA) is 6.48 Å². The molecular formula is C68H44F2N2. The molecule has 0 aromatic heterocycles. The number of anilines is 6. The third-order valence-corrected chi connectivity index (χ3v) is 14.1. The maximum Gasteiger partial charge on any atom is 0.148 e. The fourth-order valence-corrected chi connectivity index (χ4v) is 10.9. The first kappa shape index (κ1) is 42.7. The van der Waals surface area contributed by atoms with Crippen LogP contribution < -0.4 is 9.80 Å². The highest BCUT2D eigenvalue weighted by atomic mass is 19.1. The van der Waals surface area contributed by atoms with Crippen molar-refractivity contribution >= 4 is 77.2 Å². The molecule has 13 aromatic carbocycles. The quantitative estimate of drug-likeness (QED) is 0.0996. The molecule has 0 fully saturated rings. The third-order valence-electron chi connectivity index (χ3n) is 14.1. The summed E-state index contributed by atoms with van der Waals surface area (Å²) in [7, 11) is 0. The van der Waals surface area contributed by atoms with Crippen molar-refractivity contribution in [2.75, 3.05) is 9.80 Å². The Morgan fingerprint density at radius 3 is 1.07 bits per heavy atom. The highest BCUT2D eigenvalue weighted by molar-refractivity contribution is 6.37. The molecule has 0 aliphatic carbocycles. The van der Waals surface area contributed by atoms with Crippen molar-refractivity contribution in [3.63, 3.8) is 0 Å². The molecule has 0 atom stereocenters. The second kappa shape index (κ2) is 17.9. The standard InChI is InChI=1S/C68H44F2N2/c69-61-42-49(45-22-7-1-8-23-45)40-58(47-26-11-3-12-27-47)67(61)71(51-30-15-5-16-31-51)63-39-38-56-54-35-20-19-34-53(54)55-36-21-37-57-64(44-60(63)66(56)65(55)57)72(52-32-17-6-18-33-52)68-59(48-28-13-4-14-29-48)41-50(43-62(68)70)46-24-9-2-10-25-46/h1-44H. The van der Waals surface area contributed by atoms with Crippen molar-refractivity contribution in [3.05, 3.63) is 279 Å². The molecule has 0 bridgehead atoms. The van der Waals surface area contributed by atoms with Gasteiger partial charge in [0.05, 0.1) is 22.7 Å². The summed E-state index contributed by atoms with van der Waals surface area (Å²) in [4.78, 5) is 4.18. The van der Waals surface area contributed by atoms with Crippen molar-refractivity contribution in [2.24, 2.45) is 0 Å². The largest absolute Gasteiger partial charge is 0.307 e. The molecule has 4 heteroatoms. The van der Waals surface area contributed by atoms with Gasteiger partial charge in [-0.1, -0.05) is 206 Å². The van der Waals surface area contributed by atoms with E-state index >= 15 is 8.78 Å². The lowest BCUT2D eigenvalue weighted by Gasteiger charge is -2.33. The zero-order chi connectivity index (χ0) is 48.1. The van der Waals surface area contributed by atoms with E-state index < -0.39 is 0 Å². The maximum absolute atomic E-state index is 18.1. The molecule has 2 nitrogen and oxygen atoms in total. The average Bonchev–Trinajstić information content (AvgIpc) is 3.45. The summed E-state index contributed by atoms with van der Waals surface area (Å²) in [6.45, 7) is 0. The fourth-order valence-electron chi connectivity index (χ4n) is 10.9. The molecule has 0 N–H and O–H groups in total. The monoisotopic (exact) mass is 926 g/mol. The van der Waals surface area contributed by atoms with Gasteiger partial charge in [0, 0.05) is 44.0 Å². The van der Waals surface area contributed by atoms with Crippen molar-refractivity contribution in [3.8, 4) is 44.5 Å². The van der Waals surface area contributed by atoms with Crippen LogP contribution in [-0.2, 0) is 0 Å². The molecule has 0 spiro atoms. The first-order valence-electron chi connectivity index (χ1n) is 24.3. The number of rotatable bonds is 10. The van der Waals surface area contributed by atoms with Gasteiger partial charge in [-0.2, -0.15) is 0 Å². The number of hydrogen-bond donors (Lipinski definition) is 0. The number of halogens is 2. The third kappa shape index (κ3) is 7.23. The van der Waals surface area contributed by atoms with Gasteiger partial charge < -0.3 is 9.80 Å². The van der Waals surface area contributed by atoms with Crippen molar-refractivity contribution in [1.29, 1.82) is 0 Å². The van der Waals surface area contributed by atoms with Crippen LogP contribution in [0.5, 0.6) is 0 Å². The highest BCUT2D eigenvalue weighted by Crippen LogP contribution is 2.54. The average molecular weight is 927 g/mol. The Bertz CT molecular complexity index is 4060. The number of nitrogens with zero attached hydrogens (tertiary/aromatic N) is 2. The molecular weight excluding hydrogens is 883 g/mol. The second-order valence-electron chi connectivity index (χ2n) is 18.2. The van der Waals surface area contributed by atoms with Crippen LogP contribution in [0.2, 0.25) is 0 Å². The van der Waals surface area contributed by atoms with Gasteiger partial charge >= 0.3 is 0 Å². The van der Waals surface area contributed by atoms with E-state index in [1.54, 1.807) is 12.1 Å². The van der Waals surface area contributed by atoms with Crippen LogP contribution in [0.1, 0.15) is 0 Å². The van der Waals surface area contributed by atoms with Crippen molar-refractivity contribution in [1.82, 2.24) is 0 Å². The van der Waals surface area contributed by atoms with E-state index in [9.17, 15) is 0 Å². The normalized spacial score (nSPS) is 11.5. The number of benzene rings is 13. The Morgan fingerprint density at radius 1 is 0.236 bits per heavy atom. The van der Waals surface area contributed by atoms with Gasteiger partial charge in [-0.15, -0.1) is 0 Å². The van der Waals surface area contributed by atoms with Crippen LogP contribution in [0.3, 0.4) is 0 Å². The lowest BCUT2D eigenvalue weighted by Crippen LogP contribution is -2.16. The summed E-state index contributed by atoms with van der Waals surface area (Å²) in [5.41, 5.74) is 10.6. The van der Waals surface area contributed by atoms with Crippen molar-refractivity contribution in [2.45, 2.75) is 0 Å². The molecule has 13 aromatic rings. The molecule has 0 heterocycles. The molecule has 0 saturated carbocycles. The number of fused-ring (bicyclic) bond motifs is 3. The van der Waals surface area contributed by atoms with Gasteiger partial charge in [0.1, 0.15) is 11.6 Å². The lowest BCUT2D eigenvalue weighted by molar-refractivity contribution is 0.629. The molecule has 0 amide bonds. The highest BCUT2D eigenvalue weighted by Gasteiger charge is 2.30. The van der Waals surface area contributed by atoms with Crippen LogP contribution in [0.4, 0.5) is 42.9 Å². The summed E-state index contributed by atoms with van der Waals surface area (Å²) < 4.78 is 36.2. The Morgan fingerprint density at radius 2 is 0.597 bits per heavy atom. The first-order valence-corrected chi connectivity index (χ1v) is 24.3. The minimum absolute atomic E-state index is 0.366. The Balaban J connectivity index is 1.18. The Labute approximate surface area is 416 Å². The zero-order valence-electron chi connectivity index (χ0n) is 39.1. The van der Waals surface area contributed by atoms with Crippen LogP contribution >= 0.6 is 0 Å². The fraction of sp³-hybridized carbons (Fsp3) is 0. The molecule has 340 valence electrons. The first-order chi connectivity index (χ1) is 35.6. The van der Waals surface area contributed by atoms with E-state index in [1.165, 1.54) is 0 Å². The van der Waals surface area contributed by atoms with Gasteiger partial charge in [0.15, 0.2) is 0 Å². The van der Waals surface area contributed by atoms with Gasteiger partial charge in [0.25, 0.3) is 0 Å². The predicted octanol–water partition coefficient (Wildman–Crippen LogP) is 19.6. The van der Waals surface area contributed by atoms with Crippen LogP contribution in [-0.4, -0.2) is 0 Å².